The Labute approximate surface area is 248 Å². The summed E-state index contributed by atoms with van der Waals surface area (Å²) in [6.07, 6.45) is 6.66. The molecule has 2 aromatic rings. The minimum absolute atomic E-state index is 0.100. The first-order valence-electron chi connectivity index (χ1n) is 14.4. The zero-order valence-corrected chi connectivity index (χ0v) is 25.4. The monoisotopic (exact) mass is 580 g/mol. The summed E-state index contributed by atoms with van der Waals surface area (Å²) in [6.45, 7) is 6.91. The number of aryl methyl sites for hydroxylation is 1. The number of nitrogens with one attached hydrogen (secondary N) is 2. The Kier molecular flexibility index (Phi) is 12.1. The van der Waals surface area contributed by atoms with Crippen molar-refractivity contribution < 1.29 is 19.1 Å². The molecule has 1 aromatic heterocycles. The Hall–Kier alpha value is -4.19. The molecule has 2 heterocycles. The quantitative estimate of drug-likeness (QED) is 0.213. The van der Waals surface area contributed by atoms with E-state index in [0.29, 0.717) is 49.8 Å². The molecule has 0 saturated carbocycles. The predicted octanol–water partition coefficient (Wildman–Crippen LogP) is 2.33. The molecule has 0 radical (unpaired) electrons. The summed E-state index contributed by atoms with van der Waals surface area (Å²) in [7, 11) is 5.44. The van der Waals surface area contributed by atoms with E-state index >= 15 is 0 Å². The first-order valence-corrected chi connectivity index (χ1v) is 14.4. The van der Waals surface area contributed by atoms with Crippen LogP contribution in [0.25, 0.3) is 0 Å². The van der Waals surface area contributed by atoms with Gasteiger partial charge in [0.05, 0.1) is 12.3 Å². The largest absolute Gasteiger partial charge is 0.493 e. The van der Waals surface area contributed by atoms with Crippen LogP contribution in [-0.2, 0) is 16.0 Å². The molecule has 12 heteroatoms. The second-order valence-electron chi connectivity index (χ2n) is 10.5. The third-order valence-corrected chi connectivity index (χ3v) is 6.95. The van der Waals surface area contributed by atoms with E-state index in [4.69, 9.17) is 15.5 Å². The molecule has 228 valence electrons. The van der Waals surface area contributed by atoms with E-state index in [0.717, 1.165) is 37.4 Å². The van der Waals surface area contributed by atoms with Gasteiger partial charge in [-0.3, -0.25) is 14.4 Å². The van der Waals surface area contributed by atoms with Gasteiger partial charge in [0.25, 0.3) is 5.91 Å². The summed E-state index contributed by atoms with van der Waals surface area (Å²) >= 11 is 0. The lowest BCUT2D eigenvalue weighted by atomic mass is 10.2. The zero-order chi connectivity index (χ0) is 30.6. The van der Waals surface area contributed by atoms with Crippen molar-refractivity contribution in [3.8, 4) is 5.75 Å². The zero-order valence-electron chi connectivity index (χ0n) is 25.4. The average molecular weight is 581 g/mol. The lowest BCUT2D eigenvalue weighted by molar-refractivity contribution is -0.135. The minimum Gasteiger partial charge on any atom is -0.493 e. The normalized spacial score (nSPS) is 13.8. The van der Waals surface area contributed by atoms with Crippen LogP contribution in [0, 0.1) is 0 Å². The number of rotatable bonds is 15. The van der Waals surface area contributed by atoms with E-state index in [1.165, 1.54) is 11.0 Å². The summed E-state index contributed by atoms with van der Waals surface area (Å²) < 4.78 is 5.89. The van der Waals surface area contributed by atoms with Gasteiger partial charge in [-0.15, -0.1) is 0 Å². The van der Waals surface area contributed by atoms with Crippen LogP contribution in [0.3, 0.4) is 0 Å². The molecule has 12 nitrogen and oxygen atoms in total. The third kappa shape index (κ3) is 9.16. The van der Waals surface area contributed by atoms with Crippen molar-refractivity contribution in [2.75, 3.05) is 64.1 Å². The number of carbonyl (C=O) groups excluding carboxylic acids is 3. The van der Waals surface area contributed by atoms with Gasteiger partial charge < -0.3 is 35.8 Å². The highest BCUT2D eigenvalue weighted by molar-refractivity contribution is 5.96. The van der Waals surface area contributed by atoms with Gasteiger partial charge in [0.15, 0.2) is 17.3 Å². The standard InChI is InChI=1S/C30H44N8O4/c1-6-24-29(38-17-7-8-18-38)35-28(26(34-24)27(31)40)33-22-12-9-13-23(20-22)42-19-11-15-32-30(41)21(2)37(5)25(39)14-10-16-36(3)4/h9-10,12-14,20-21H,6-8,11,15-19H2,1-5H3,(H2,31,40)(H,32,41)(H,33,35)/b14-10+/t21-/m0/s1. The number of hydrogen-bond acceptors (Lipinski definition) is 9. The number of carbonyl (C=O) groups is 3. The van der Waals surface area contributed by atoms with E-state index in [2.05, 4.69) is 20.5 Å². The van der Waals surface area contributed by atoms with Gasteiger partial charge in [0, 0.05) is 51.1 Å². The van der Waals surface area contributed by atoms with Crippen molar-refractivity contribution >= 4 is 35.0 Å². The molecule has 1 aliphatic rings. The lowest BCUT2D eigenvalue weighted by Gasteiger charge is -2.23. The maximum atomic E-state index is 12.5. The minimum atomic E-state index is -0.646. The van der Waals surface area contributed by atoms with Gasteiger partial charge in [0.1, 0.15) is 11.8 Å². The summed E-state index contributed by atoms with van der Waals surface area (Å²) in [5, 5.41) is 6.06. The van der Waals surface area contributed by atoms with E-state index in [1.807, 2.05) is 44.1 Å². The second kappa shape index (κ2) is 15.7. The van der Waals surface area contributed by atoms with Crippen LogP contribution in [0.5, 0.6) is 5.75 Å². The number of hydrogen-bond donors (Lipinski definition) is 3. The predicted molar refractivity (Wildman–Crippen MR) is 164 cm³/mol. The molecule has 0 spiro atoms. The number of ether oxygens (including phenoxy) is 1. The van der Waals surface area contributed by atoms with Gasteiger partial charge in [0.2, 0.25) is 11.8 Å². The number of aromatic nitrogens is 2. The van der Waals surface area contributed by atoms with Gasteiger partial charge in [-0.25, -0.2) is 9.97 Å². The molecule has 42 heavy (non-hydrogen) atoms. The second-order valence-corrected chi connectivity index (χ2v) is 10.5. The summed E-state index contributed by atoms with van der Waals surface area (Å²) in [5.41, 5.74) is 7.18. The van der Waals surface area contributed by atoms with Crippen molar-refractivity contribution in [1.29, 1.82) is 0 Å². The summed E-state index contributed by atoms with van der Waals surface area (Å²) in [5.74, 6) is 0.612. The Balaban J connectivity index is 1.53. The highest BCUT2D eigenvalue weighted by atomic mass is 16.5. The van der Waals surface area contributed by atoms with E-state index in [9.17, 15) is 14.4 Å². The molecule has 0 unspecified atom stereocenters. The molecular weight excluding hydrogens is 536 g/mol. The maximum Gasteiger partial charge on any atom is 0.271 e. The summed E-state index contributed by atoms with van der Waals surface area (Å²) in [4.78, 5) is 51.9. The van der Waals surface area contributed by atoms with Crippen LogP contribution in [0.15, 0.2) is 36.4 Å². The first kappa shape index (κ1) is 32.3. The highest BCUT2D eigenvalue weighted by Crippen LogP contribution is 2.28. The molecule has 1 aromatic carbocycles. The van der Waals surface area contributed by atoms with Crippen LogP contribution in [0.1, 0.15) is 49.3 Å². The van der Waals surface area contributed by atoms with E-state index < -0.39 is 11.9 Å². The van der Waals surface area contributed by atoms with E-state index in [-0.39, 0.29) is 17.5 Å². The van der Waals surface area contributed by atoms with Crippen LogP contribution in [0.4, 0.5) is 17.3 Å². The fourth-order valence-electron chi connectivity index (χ4n) is 4.41. The SMILES string of the molecule is CCc1nc(C(N)=O)c(Nc2cccc(OCCCNC(=O)[C@H](C)N(C)C(=O)/C=C/CN(C)C)c2)nc1N1CCCC1. The lowest BCUT2D eigenvalue weighted by Crippen LogP contribution is -2.45. The Morgan fingerprint density at radius 2 is 1.90 bits per heavy atom. The molecule has 0 bridgehead atoms. The molecule has 3 amide bonds. The Morgan fingerprint density at radius 1 is 1.17 bits per heavy atom. The number of nitrogens with two attached hydrogens (primary N) is 1. The fourth-order valence-corrected chi connectivity index (χ4v) is 4.41. The van der Waals surface area contributed by atoms with Crippen molar-refractivity contribution in [3.63, 3.8) is 0 Å². The van der Waals surface area contributed by atoms with Crippen LogP contribution < -0.4 is 26.0 Å². The molecule has 3 rings (SSSR count). The van der Waals surface area contributed by atoms with Gasteiger partial charge >= 0.3 is 0 Å². The van der Waals surface area contributed by atoms with Crippen LogP contribution >= 0.6 is 0 Å². The molecular formula is C30H44N8O4. The van der Waals surface area contributed by atoms with Crippen molar-refractivity contribution in [2.24, 2.45) is 5.73 Å². The van der Waals surface area contributed by atoms with Crippen molar-refractivity contribution in [2.45, 2.75) is 45.6 Å². The number of likely N-dealkylation sites (N-methyl/N-ethyl adjacent to an activating group) is 2. The molecule has 1 saturated heterocycles. The Bertz CT molecular complexity index is 1260. The average Bonchev–Trinajstić information content (AvgIpc) is 3.50. The number of benzene rings is 1. The first-order chi connectivity index (χ1) is 20.1. The van der Waals surface area contributed by atoms with Crippen molar-refractivity contribution in [1.82, 2.24) is 25.1 Å². The van der Waals surface area contributed by atoms with Crippen LogP contribution in [-0.4, -0.2) is 97.5 Å². The van der Waals surface area contributed by atoms with Gasteiger partial charge in [-0.2, -0.15) is 0 Å². The molecule has 1 fully saturated rings. The van der Waals surface area contributed by atoms with Gasteiger partial charge in [-0.1, -0.05) is 19.1 Å². The maximum absolute atomic E-state index is 12.5. The number of primary amides is 1. The topological polar surface area (TPSA) is 146 Å². The molecule has 1 atom stereocenters. The number of anilines is 3. The molecule has 4 N–H and O–H groups in total. The van der Waals surface area contributed by atoms with E-state index in [1.54, 1.807) is 26.1 Å². The third-order valence-electron chi connectivity index (χ3n) is 6.95. The molecule has 1 aliphatic heterocycles. The Morgan fingerprint density at radius 3 is 2.57 bits per heavy atom. The molecule has 0 aliphatic carbocycles. The highest BCUT2D eigenvalue weighted by Gasteiger charge is 2.23. The van der Waals surface area contributed by atoms with Crippen molar-refractivity contribution in [3.05, 3.63) is 47.8 Å². The number of nitrogens with zero attached hydrogens (tertiary/aromatic N) is 5. The van der Waals surface area contributed by atoms with Crippen LogP contribution in [0.2, 0.25) is 0 Å². The smallest absolute Gasteiger partial charge is 0.271 e. The number of amides is 3. The van der Waals surface area contributed by atoms with Gasteiger partial charge in [-0.05, 0) is 58.8 Å². The fraction of sp³-hybridized carbons (Fsp3) is 0.500. The summed E-state index contributed by atoms with van der Waals surface area (Å²) in [6, 6.07) is 6.71.